The van der Waals surface area contributed by atoms with Crippen LogP contribution in [0.3, 0.4) is 0 Å². The van der Waals surface area contributed by atoms with Gasteiger partial charge in [-0.3, -0.25) is 9.69 Å². The minimum atomic E-state index is -4.25. The van der Waals surface area contributed by atoms with E-state index in [0.717, 1.165) is 6.92 Å². The predicted octanol–water partition coefficient (Wildman–Crippen LogP) is 1.98. The van der Waals surface area contributed by atoms with Crippen molar-refractivity contribution >= 4 is 5.91 Å². The molecule has 1 fully saturated rings. The minimum Gasteiger partial charge on any atom is -0.336 e. The van der Waals surface area contributed by atoms with Crippen molar-refractivity contribution in [3.8, 4) is 5.82 Å². The highest BCUT2D eigenvalue weighted by atomic mass is 19.4. The molecule has 2 aromatic heterocycles. The average molecular weight is 353 g/mol. The van der Waals surface area contributed by atoms with Crippen LogP contribution in [0.2, 0.25) is 0 Å². The molecule has 3 rings (SSSR count). The van der Waals surface area contributed by atoms with Crippen molar-refractivity contribution in [2.75, 3.05) is 26.2 Å². The maximum Gasteiger partial charge on any atom is 0.403 e. The predicted molar refractivity (Wildman–Crippen MR) is 84.4 cm³/mol. The number of carbonyl (C=O) groups excluding carboxylic acids is 1. The summed E-state index contributed by atoms with van der Waals surface area (Å²) in [5.41, 5.74) is 0.442. The van der Waals surface area contributed by atoms with Crippen LogP contribution in [-0.4, -0.2) is 68.9 Å². The molecule has 2 aromatic rings. The van der Waals surface area contributed by atoms with Crippen molar-refractivity contribution in [1.29, 1.82) is 0 Å². The number of nitrogens with zero attached hydrogens (tertiary/aromatic N) is 5. The molecular formula is C16H18F3N5O. The van der Waals surface area contributed by atoms with Crippen molar-refractivity contribution < 1.29 is 18.0 Å². The molecule has 0 aromatic carbocycles. The van der Waals surface area contributed by atoms with Crippen molar-refractivity contribution in [3.63, 3.8) is 0 Å². The molecule has 3 heterocycles. The number of aromatic nitrogens is 3. The van der Waals surface area contributed by atoms with Gasteiger partial charge >= 0.3 is 6.18 Å². The summed E-state index contributed by atoms with van der Waals surface area (Å²) in [5.74, 6) is 0.301. The largest absolute Gasteiger partial charge is 0.403 e. The zero-order valence-electron chi connectivity index (χ0n) is 13.6. The fraction of sp³-hybridized carbons (Fsp3) is 0.438. The van der Waals surface area contributed by atoms with Gasteiger partial charge in [0.05, 0.1) is 0 Å². The van der Waals surface area contributed by atoms with Crippen LogP contribution >= 0.6 is 0 Å². The Hall–Kier alpha value is -2.42. The van der Waals surface area contributed by atoms with Crippen LogP contribution in [0.25, 0.3) is 5.82 Å². The number of rotatable bonds is 3. The number of alkyl halides is 3. The Balaban J connectivity index is 1.66. The third-order valence-electron chi connectivity index (χ3n) is 4.35. The Morgan fingerprint density at radius 3 is 2.52 bits per heavy atom. The molecule has 0 radical (unpaired) electrons. The third kappa shape index (κ3) is 3.81. The lowest BCUT2D eigenvalue weighted by atomic mass is 10.2. The first kappa shape index (κ1) is 17.4. The van der Waals surface area contributed by atoms with E-state index in [1.54, 1.807) is 40.2 Å². The number of hydrogen-bond donors (Lipinski definition) is 0. The minimum absolute atomic E-state index is 0.198. The van der Waals surface area contributed by atoms with Gasteiger partial charge < -0.3 is 4.90 Å². The summed E-state index contributed by atoms with van der Waals surface area (Å²) in [6.07, 6.45) is 0.591. The SMILES string of the molecule is CC(N1CCN(C(=O)c2ccnc(-n3cccn3)c2)CC1)C(F)(F)F. The van der Waals surface area contributed by atoms with Crippen LogP contribution in [0.15, 0.2) is 36.8 Å². The molecule has 0 aliphatic carbocycles. The summed E-state index contributed by atoms with van der Waals surface area (Å²) in [6.45, 7) is 2.07. The van der Waals surface area contributed by atoms with Crippen LogP contribution in [0.1, 0.15) is 17.3 Å². The number of pyridine rings is 1. The van der Waals surface area contributed by atoms with E-state index in [1.165, 1.54) is 11.1 Å². The van der Waals surface area contributed by atoms with E-state index in [4.69, 9.17) is 0 Å². The van der Waals surface area contributed by atoms with E-state index in [1.807, 2.05) is 0 Å². The highest BCUT2D eigenvalue weighted by molar-refractivity contribution is 5.94. The molecule has 1 unspecified atom stereocenters. The molecule has 6 nitrogen and oxygen atoms in total. The summed E-state index contributed by atoms with van der Waals surface area (Å²) >= 11 is 0. The quantitative estimate of drug-likeness (QED) is 0.847. The summed E-state index contributed by atoms with van der Waals surface area (Å²) in [6, 6.07) is 3.47. The molecule has 0 spiro atoms. The lowest BCUT2D eigenvalue weighted by molar-refractivity contribution is -0.181. The summed E-state index contributed by atoms with van der Waals surface area (Å²) in [7, 11) is 0. The molecule has 0 bridgehead atoms. The van der Waals surface area contributed by atoms with Crippen molar-refractivity contribution in [1.82, 2.24) is 24.6 Å². The molecule has 1 atom stereocenters. The number of carbonyl (C=O) groups is 1. The monoisotopic (exact) mass is 353 g/mol. The van der Waals surface area contributed by atoms with E-state index >= 15 is 0 Å². The zero-order chi connectivity index (χ0) is 18.0. The molecule has 1 amide bonds. The van der Waals surface area contributed by atoms with Crippen molar-refractivity contribution in [2.45, 2.75) is 19.1 Å². The molecule has 1 aliphatic heterocycles. The number of hydrogen-bond acceptors (Lipinski definition) is 4. The first-order chi connectivity index (χ1) is 11.9. The second-order valence-corrected chi connectivity index (χ2v) is 5.90. The summed E-state index contributed by atoms with van der Waals surface area (Å²) in [4.78, 5) is 19.7. The maximum atomic E-state index is 12.8. The molecule has 1 saturated heterocycles. The standard InChI is InChI=1S/C16H18F3N5O/c1-12(16(17,18)19)22-7-9-23(10-8-22)15(25)13-3-5-20-14(11-13)24-6-2-4-21-24/h2-6,11-12H,7-10H2,1H3. The summed E-state index contributed by atoms with van der Waals surface area (Å²) in [5, 5.41) is 4.07. The molecule has 0 N–H and O–H groups in total. The number of halogens is 3. The lowest BCUT2D eigenvalue weighted by Gasteiger charge is -2.38. The third-order valence-corrected chi connectivity index (χ3v) is 4.35. The molecule has 9 heteroatoms. The highest BCUT2D eigenvalue weighted by Gasteiger charge is 2.41. The topological polar surface area (TPSA) is 54.3 Å². The first-order valence-corrected chi connectivity index (χ1v) is 7.92. The van der Waals surface area contributed by atoms with Gasteiger partial charge in [-0.15, -0.1) is 0 Å². The van der Waals surface area contributed by atoms with Crippen LogP contribution in [0, 0.1) is 0 Å². The zero-order valence-corrected chi connectivity index (χ0v) is 13.6. The van der Waals surface area contributed by atoms with E-state index < -0.39 is 12.2 Å². The van der Waals surface area contributed by atoms with Gasteiger partial charge in [0.25, 0.3) is 5.91 Å². The molecule has 134 valence electrons. The molecule has 25 heavy (non-hydrogen) atoms. The molecule has 1 aliphatic rings. The van der Waals surface area contributed by atoms with Crippen LogP contribution in [0.4, 0.5) is 13.2 Å². The van der Waals surface area contributed by atoms with E-state index in [0.29, 0.717) is 11.4 Å². The van der Waals surface area contributed by atoms with Crippen LogP contribution in [0.5, 0.6) is 0 Å². The Bertz CT molecular complexity index is 724. The van der Waals surface area contributed by atoms with Crippen molar-refractivity contribution in [3.05, 3.63) is 42.4 Å². The summed E-state index contributed by atoms with van der Waals surface area (Å²) < 4.78 is 39.9. The van der Waals surface area contributed by atoms with E-state index in [2.05, 4.69) is 10.1 Å². The van der Waals surface area contributed by atoms with E-state index in [9.17, 15) is 18.0 Å². The van der Waals surface area contributed by atoms with Gasteiger partial charge in [-0.1, -0.05) is 0 Å². The van der Waals surface area contributed by atoms with Gasteiger partial charge in [0.2, 0.25) is 0 Å². The Morgan fingerprint density at radius 1 is 1.20 bits per heavy atom. The Labute approximate surface area is 142 Å². The maximum absolute atomic E-state index is 12.8. The second kappa shape index (κ2) is 6.83. The van der Waals surface area contributed by atoms with Gasteiger partial charge in [0.1, 0.15) is 6.04 Å². The normalized spacial score (nSPS) is 17.5. The second-order valence-electron chi connectivity index (χ2n) is 5.90. The average Bonchev–Trinajstić information content (AvgIpc) is 3.15. The fourth-order valence-corrected chi connectivity index (χ4v) is 2.78. The number of amides is 1. The van der Waals surface area contributed by atoms with Gasteiger partial charge in [-0.05, 0) is 25.1 Å². The Kier molecular flexibility index (Phi) is 4.76. The van der Waals surface area contributed by atoms with Gasteiger partial charge in [-0.2, -0.15) is 18.3 Å². The van der Waals surface area contributed by atoms with E-state index in [-0.39, 0.29) is 32.1 Å². The van der Waals surface area contributed by atoms with Gasteiger partial charge in [0.15, 0.2) is 5.82 Å². The fourth-order valence-electron chi connectivity index (χ4n) is 2.78. The lowest BCUT2D eigenvalue weighted by Crippen LogP contribution is -2.54. The van der Waals surface area contributed by atoms with Gasteiger partial charge in [0, 0.05) is 50.3 Å². The van der Waals surface area contributed by atoms with Crippen LogP contribution < -0.4 is 0 Å². The van der Waals surface area contributed by atoms with Gasteiger partial charge in [-0.25, -0.2) is 9.67 Å². The smallest absolute Gasteiger partial charge is 0.336 e. The number of piperazine rings is 1. The Morgan fingerprint density at radius 2 is 1.92 bits per heavy atom. The highest BCUT2D eigenvalue weighted by Crippen LogP contribution is 2.25. The van der Waals surface area contributed by atoms with Crippen molar-refractivity contribution in [2.24, 2.45) is 0 Å². The van der Waals surface area contributed by atoms with Crippen LogP contribution in [-0.2, 0) is 0 Å². The molecular weight excluding hydrogens is 335 g/mol. The molecule has 0 saturated carbocycles. The first-order valence-electron chi connectivity index (χ1n) is 7.92.